The van der Waals surface area contributed by atoms with E-state index < -0.39 is 0 Å². The van der Waals surface area contributed by atoms with Crippen LogP contribution >= 0.6 is 11.3 Å². The second-order valence-corrected chi connectivity index (χ2v) is 4.97. The number of nitrogens with zero attached hydrogens (tertiary/aromatic N) is 1. The molecule has 0 radical (unpaired) electrons. The molecule has 3 rings (SSSR count). The number of ether oxygens (including phenoxy) is 2. The van der Waals surface area contributed by atoms with E-state index >= 15 is 0 Å². The van der Waals surface area contributed by atoms with Crippen molar-refractivity contribution in [2.24, 2.45) is 5.73 Å². The molecule has 1 aromatic heterocycles. The molecule has 0 saturated carbocycles. The topological polar surface area (TPSA) is 57.4 Å². The summed E-state index contributed by atoms with van der Waals surface area (Å²) in [6, 6.07) is 5.93. The highest BCUT2D eigenvalue weighted by atomic mass is 32.1. The van der Waals surface area contributed by atoms with Gasteiger partial charge in [-0.25, -0.2) is 4.98 Å². The molecule has 2 N–H and O–H groups in total. The van der Waals surface area contributed by atoms with Crippen LogP contribution in [0.2, 0.25) is 0 Å². The number of thiazole rings is 1. The Morgan fingerprint density at radius 2 is 2.06 bits per heavy atom. The van der Waals surface area contributed by atoms with Gasteiger partial charge in [0.25, 0.3) is 0 Å². The Morgan fingerprint density at radius 1 is 1.22 bits per heavy atom. The standard InChI is InChI=1S/C13H14N2O2S/c14-4-3-13-15-10(8-18-13)9-1-2-11-12(7-9)17-6-5-16-11/h1-2,7-8H,3-6,14H2. The van der Waals surface area contributed by atoms with Crippen LogP contribution in [0.15, 0.2) is 23.6 Å². The van der Waals surface area contributed by atoms with Gasteiger partial charge in [-0.15, -0.1) is 11.3 Å². The summed E-state index contributed by atoms with van der Waals surface area (Å²) in [6.45, 7) is 1.85. The zero-order valence-electron chi connectivity index (χ0n) is 9.89. The Kier molecular flexibility index (Phi) is 3.17. The van der Waals surface area contributed by atoms with Crippen molar-refractivity contribution in [1.29, 1.82) is 0 Å². The lowest BCUT2D eigenvalue weighted by Crippen LogP contribution is -2.15. The van der Waals surface area contributed by atoms with E-state index in [1.165, 1.54) is 0 Å². The molecule has 18 heavy (non-hydrogen) atoms. The lowest BCUT2D eigenvalue weighted by Gasteiger charge is -2.18. The maximum absolute atomic E-state index is 5.57. The summed E-state index contributed by atoms with van der Waals surface area (Å²) >= 11 is 1.64. The molecule has 0 spiro atoms. The van der Waals surface area contributed by atoms with Gasteiger partial charge in [0, 0.05) is 17.4 Å². The van der Waals surface area contributed by atoms with Crippen LogP contribution < -0.4 is 15.2 Å². The van der Waals surface area contributed by atoms with Gasteiger partial charge in [-0.1, -0.05) is 0 Å². The Hall–Kier alpha value is -1.59. The molecule has 0 fully saturated rings. The van der Waals surface area contributed by atoms with Crippen LogP contribution in [0.1, 0.15) is 5.01 Å². The van der Waals surface area contributed by atoms with E-state index in [1.807, 2.05) is 18.2 Å². The highest BCUT2D eigenvalue weighted by Crippen LogP contribution is 2.34. The third-order valence-electron chi connectivity index (χ3n) is 2.75. The lowest BCUT2D eigenvalue weighted by molar-refractivity contribution is 0.171. The summed E-state index contributed by atoms with van der Waals surface area (Å²) in [7, 11) is 0. The van der Waals surface area contributed by atoms with E-state index in [9.17, 15) is 0 Å². The van der Waals surface area contributed by atoms with E-state index in [0.29, 0.717) is 19.8 Å². The van der Waals surface area contributed by atoms with Crippen LogP contribution in [0.25, 0.3) is 11.3 Å². The monoisotopic (exact) mass is 262 g/mol. The second kappa shape index (κ2) is 4.96. The summed E-state index contributed by atoms with van der Waals surface area (Å²) in [5, 5.41) is 3.12. The van der Waals surface area contributed by atoms with Gasteiger partial charge in [0.15, 0.2) is 11.5 Å². The molecule has 2 heterocycles. The fourth-order valence-corrected chi connectivity index (χ4v) is 2.71. The quantitative estimate of drug-likeness (QED) is 0.920. The van der Waals surface area contributed by atoms with E-state index in [1.54, 1.807) is 11.3 Å². The molecular formula is C13H14N2O2S. The van der Waals surface area contributed by atoms with Crippen molar-refractivity contribution in [3.8, 4) is 22.8 Å². The van der Waals surface area contributed by atoms with Crippen LogP contribution in [0, 0.1) is 0 Å². The van der Waals surface area contributed by atoms with Gasteiger partial charge in [-0.2, -0.15) is 0 Å². The predicted octanol–water partition coefficient (Wildman–Crippen LogP) is 2.08. The Bertz CT molecular complexity index is 554. The van der Waals surface area contributed by atoms with Crippen molar-refractivity contribution in [3.05, 3.63) is 28.6 Å². The maximum atomic E-state index is 5.57. The van der Waals surface area contributed by atoms with Gasteiger partial charge in [-0.05, 0) is 24.7 Å². The van der Waals surface area contributed by atoms with Crippen molar-refractivity contribution in [2.75, 3.05) is 19.8 Å². The second-order valence-electron chi connectivity index (χ2n) is 4.02. The first-order valence-corrected chi connectivity index (χ1v) is 6.79. The summed E-state index contributed by atoms with van der Waals surface area (Å²) < 4.78 is 11.1. The van der Waals surface area contributed by atoms with Gasteiger partial charge in [0.1, 0.15) is 13.2 Å². The molecule has 94 valence electrons. The molecule has 0 bridgehead atoms. The lowest BCUT2D eigenvalue weighted by atomic mass is 10.1. The fraction of sp³-hybridized carbons (Fsp3) is 0.308. The number of benzene rings is 1. The summed E-state index contributed by atoms with van der Waals surface area (Å²) in [6.07, 6.45) is 0.829. The number of rotatable bonds is 3. The molecule has 1 aliphatic rings. The van der Waals surface area contributed by atoms with E-state index in [-0.39, 0.29) is 0 Å². The first kappa shape index (κ1) is 11.5. The van der Waals surface area contributed by atoms with Crippen LogP contribution in [0.5, 0.6) is 11.5 Å². The van der Waals surface area contributed by atoms with Crippen molar-refractivity contribution < 1.29 is 9.47 Å². The SMILES string of the molecule is NCCc1nc(-c2ccc3c(c2)OCCO3)cs1. The van der Waals surface area contributed by atoms with Crippen molar-refractivity contribution in [3.63, 3.8) is 0 Å². The Morgan fingerprint density at radius 3 is 2.89 bits per heavy atom. The van der Waals surface area contributed by atoms with Gasteiger partial charge < -0.3 is 15.2 Å². The van der Waals surface area contributed by atoms with Gasteiger partial charge in [0.2, 0.25) is 0 Å². The van der Waals surface area contributed by atoms with Crippen LogP contribution in [-0.4, -0.2) is 24.7 Å². The minimum atomic E-state index is 0.603. The van der Waals surface area contributed by atoms with Gasteiger partial charge in [0.05, 0.1) is 10.7 Å². The minimum Gasteiger partial charge on any atom is -0.486 e. The van der Waals surface area contributed by atoms with Crippen LogP contribution in [-0.2, 0) is 6.42 Å². The minimum absolute atomic E-state index is 0.603. The molecule has 0 saturated heterocycles. The first-order valence-electron chi connectivity index (χ1n) is 5.91. The summed E-state index contributed by atoms with van der Waals surface area (Å²) in [5.41, 5.74) is 7.56. The average molecular weight is 262 g/mol. The number of hydrogen-bond acceptors (Lipinski definition) is 5. The number of aromatic nitrogens is 1. The number of hydrogen-bond donors (Lipinski definition) is 1. The van der Waals surface area contributed by atoms with Crippen molar-refractivity contribution in [2.45, 2.75) is 6.42 Å². The average Bonchev–Trinajstić information content (AvgIpc) is 2.87. The van der Waals surface area contributed by atoms with Gasteiger partial charge in [-0.3, -0.25) is 0 Å². The maximum Gasteiger partial charge on any atom is 0.162 e. The van der Waals surface area contributed by atoms with E-state index in [4.69, 9.17) is 15.2 Å². The van der Waals surface area contributed by atoms with Gasteiger partial charge >= 0.3 is 0 Å². The molecule has 4 nitrogen and oxygen atoms in total. The highest BCUT2D eigenvalue weighted by molar-refractivity contribution is 7.09. The molecule has 0 aliphatic carbocycles. The first-order chi connectivity index (χ1) is 8.86. The van der Waals surface area contributed by atoms with E-state index in [2.05, 4.69) is 10.4 Å². The number of nitrogens with two attached hydrogens (primary N) is 1. The highest BCUT2D eigenvalue weighted by Gasteiger charge is 2.13. The third kappa shape index (κ3) is 2.19. The normalized spacial score (nSPS) is 13.6. The zero-order valence-corrected chi connectivity index (χ0v) is 10.7. The molecule has 5 heteroatoms. The van der Waals surface area contributed by atoms with E-state index in [0.717, 1.165) is 34.2 Å². The molecule has 1 aliphatic heterocycles. The molecule has 1 aromatic carbocycles. The number of fused-ring (bicyclic) bond motifs is 1. The predicted molar refractivity (Wildman–Crippen MR) is 71.3 cm³/mol. The molecular weight excluding hydrogens is 248 g/mol. The zero-order chi connectivity index (χ0) is 12.4. The summed E-state index contributed by atoms with van der Waals surface area (Å²) in [4.78, 5) is 4.56. The molecule has 0 unspecified atom stereocenters. The molecule has 0 atom stereocenters. The van der Waals surface area contributed by atoms with Crippen LogP contribution in [0.3, 0.4) is 0 Å². The summed E-state index contributed by atoms with van der Waals surface area (Å²) in [5.74, 6) is 1.61. The van der Waals surface area contributed by atoms with Crippen molar-refractivity contribution >= 4 is 11.3 Å². The third-order valence-corrected chi connectivity index (χ3v) is 3.66. The molecule has 2 aromatic rings. The smallest absolute Gasteiger partial charge is 0.162 e. The largest absolute Gasteiger partial charge is 0.486 e. The fourth-order valence-electron chi connectivity index (χ4n) is 1.88. The van der Waals surface area contributed by atoms with Crippen molar-refractivity contribution in [1.82, 2.24) is 4.98 Å². The molecule has 0 amide bonds. The Balaban J connectivity index is 1.91. The van der Waals surface area contributed by atoms with Crippen LogP contribution in [0.4, 0.5) is 0 Å². The Labute approximate surface area is 109 Å².